The fraction of sp³-hybridized carbons (Fsp3) is 0.579. The van der Waals surface area contributed by atoms with E-state index in [0.29, 0.717) is 12.5 Å². The van der Waals surface area contributed by atoms with Gasteiger partial charge in [-0.25, -0.2) is 4.39 Å². The second-order valence-electron chi connectivity index (χ2n) is 6.92. The predicted molar refractivity (Wildman–Crippen MR) is 97.0 cm³/mol. The van der Waals surface area contributed by atoms with E-state index in [4.69, 9.17) is 0 Å². The van der Waals surface area contributed by atoms with E-state index in [0.717, 1.165) is 57.8 Å². The highest BCUT2D eigenvalue weighted by Gasteiger charge is 2.26. The molecule has 6 heteroatoms. The molecular weight excluding hydrogens is 319 g/mol. The zero-order valence-corrected chi connectivity index (χ0v) is 14.9. The third-order valence-corrected chi connectivity index (χ3v) is 5.09. The number of amides is 1. The van der Waals surface area contributed by atoms with Gasteiger partial charge in [0, 0.05) is 33.2 Å². The van der Waals surface area contributed by atoms with Crippen LogP contribution in [0.5, 0.6) is 0 Å². The molecule has 0 aromatic heterocycles. The summed E-state index contributed by atoms with van der Waals surface area (Å²) in [5.74, 6) is 1.29. The van der Waals surface area contributed by atoms with Crippen molar-refractivity contribution in [2.24, 2.45) is 10.9 Å². The average molecular weight is 346 g/mol. The monoisotopic (exact) mass is 346 g/mol. The van der Waals surface area contributed by atoms with Gasteiger partial charge in [0.25, 0.3) is 0 Å². The highest BCUT2D eigenvalue weighted by molar-refractivity contribution is 5.86. The number of nitrogens with zero attached hydrogens (tertiary/aromatic N) is 3. The molecule has 5 nitrogen and oxygen atoms in total. The van der Waals surface area contributed by atoms with Gasteiger partial charge in [-0.15, -0.1) is 0 Å². The number of guanidine groups is 1. The normalized spacial score (nSPS) is 21.0. The predicted octanol–water partition coefficient (Wildman–Crippen LogP) is 1.89. The van der Waals surface area contributed by atoms with E-state index in [-0.39, 0.29) is 11.7 Å². The zero-order valence-electron chi connectivity index (χ0n) is 14.9. The van der Waals surface area contributed by atoms with Gasteiger partial charge < -0.3 is 15.1 Å². The number of likely N-dealkylation sites (tertiary alicyclic amines) is 2. The molecule has 1 N–H and O–H groups in total. The highest BCUT2D eigenvalue weighted by atomic mass is 19.1. The molecule has 2 heterocycles. The second-order valence-corrected chi connectivity index (χ2v) is 6.92. The van der Waals surface area contributed by atoms with Gasteiger partial charge in [-0.3, -0.25) is 9.79 Å². The number of hydrogen-bond donors (Lipinski definition) is 1. The van der Waals surface area contributed by atoms with Crippen molar-refractivity contribution < 1.29 is 9.18 Å². The molecule has 2 aliphatic heterocycles. The van der Waals surface area contributed by atoms with Crippen molar-refractivity contribution >= 4 is 11.9 Å². The molecule has 0 spiro atoms. The Labute approximate surface area is 148 Å². The van der Waals surface area contributed by atoms with E-state index in [1.54, 1.807) is 7.05 Å². The van der Waals surface area contributed by atoms with Gasteiger partial charge in [0.05, 0.1) is 6.54 Å². The minimum absolute atomic E-state index is 0.153. The summed E-state index contributed by atoms with van der Waals surface area (Å²) in [5.41, 5.74) is 1.17. The average Bonchev–Trinajstić information content (AvgIpc) is 3.30. The van der Waals surface area contributed by atoms with Crippen LogP contribution in [0.25, 0.3) is 0 Å². The molecule has 1 unspecified atom stereocenters. The van der Waals surface area contributed by atoms with Crippen LogP contribution < -0.4 is 5.32 Å². The molecule has 0 radical (unpaired) electrons. The fourth-order valence-corrected chi connectivity index (χ4v) is 3.71. The van der Waals surface area contributed by atoms with Crippen molar-refractivity contribution in [1.29, 1.82) is 0 Å². The number of halogens is 1. The first kappa shape index (κ1) is 17.7. The van der Waals surface area contributed by atoms with Gasteiger partial charge in [0.1, 0.15) is 5.82 Å². The Balaban J connectivity index is 1.47. The standard InChI is InChI=1S/C19H27FN4O/c1-21-19(22-13-18(25)23-9-2-3-10-23)24-11-8-16(14-24)12-15-4-6-17(20)7-5-15/h4-7,16H,2-3,8-14H2,1H3,(H,21,22). The number of benzene rings is 1. The molecular formula is C19H27FN4O. The lowest BCUT2D eigenvalue weighted by Crippen LogP contribution is -2.45. The van der Waals surface area contributed by atoms with Crippen molar-refractivity contribution in [3.8, 4) is 0 Å². The van der Waals surface area contributed by atoms with E-state index in [1.165, 1.54) is 17.7 Å². The number of nitrogens with one attached hydrogen (secondary N) is 1. The number of carbonyl (C=O) groups is 1. The Kier molecular flexibility index (Phi) is 5.89. The Morgan fingerprint density at radius 1 is 1.20 bits per heavy atom. The Hall–Kier alpha value is -2.11. The van der Waals surface area contributed by atoms with Crippen LogP contribution in [0.1, 0.15) is 24.8 Å². The molecule has 136 valence electrons. The van der Waals surface area contributed by atoms with Gasteiger partial charge in [-0.05, 0) is 49.3 Å². The smallest absolute Gasteiger partial charge is 0.241 e. The first-order valence-electron chi connectivity index (χ1n) is 9.13. The molecule has 2 fully saturated rings. The van der Waals surface area contributed by atoms with Gasteiger partial charge in [0.15, 0.2) is 5.96 Å². The SMILES string of the molecule is CN=C(NCC(=O)N1CCCC1)N1CCC(Cc2ccc(F)cc2)C1. The first-order chi connectivity index (χ1) is 12.2. The Bertz CT molecular complexity index is 610. The molecule has 3 rings (SSSR count). The number of rotatable bonds is 4. The number of carbonyl (C=O) groups excluding carboxylic acids is 1. The van der Waals surface area contributed by atoms with Crippen molar-refractivity contribution in [3.63, 3.8) is 0 Å². The van der Waals surface area contributed by atoms with Crippen LogP contribution in [0.3, 0.4) is 0 Å². The summed E-state index contributed by atoms with van der Waals surface area (Å²) >= 11 is 0. The summed E-state index contributed by atoms with van der Waals surface area (Å²) in [6, 6.07) is 6.76. The van der Waals surface area contributed by atoms with Crippen molar-refractivity contribution in [3.05, 3.63) is 35.6 Å². The summed E-state index contributed by atoms with van der Waals surface area (Å²) < 4.78 is 13.0. The lowest BCUT2D eigenvalue weighted by atomic mass is 9.99. The van der Waals surface area contributed by atoms with Crippen LogP contribution in [0, 0.1) is 11.7 Å². The Morgan fingerprint density at radius 3 is 2.60 bits per heavy atom. The van der Waals surface area contributed by atoms with Crippen LogP contribution in [0.4, 0.5) is 4.39 Å². The van der Waals surface area contributed by atoms with Crippen molar-refractivity contribution in [2.45, 2.75) is 25.7 Å². The molecule has 2 aliphatic rings. The first-order valence-corrected chi connectivity index (χ1v) is 9.13. The molecule has 0 bridgehead atoms. The second kappa shape index (κ2) is 8.32. The summed E-state index contributed by atoms with van der Waals surface area (Å²) in [7, 11) is 1.76. The highest BCUT2D eigenvalue weighted by Crippen LogP contribution is 2.21. The van der Waals surface area contributed by atoms with Gasteiger partial charge in [0.2, 0.25) is 5.91 Å². The molecule has 1 aromatic carbocycles. The molecule has 0 saturated carbocycles. The largest absolute Gasteiger partial charge is 0.347 e. The summed E-state index contributed by atoms with van der Waals surface area (Å²) in [6.45, 7) is 3.91. The maximum Gasteiger partial charge on any atom is 0.241 e. The lowest BCUT2D eigenvalue weighted by molar-refractivity contribution is -0.128. The molecule has 25 heavy (non-hydrogen) atoms. The summed E-state index contributed by atoms with van der Waals surface area (Å²) in [5, 5.41) is 3.22. The topological polar surface area (TPSA) is 47.9 Å². The van der Waals surface area contributed by atoms with E-state index >= 15 is 0 Å². The van der Waals surface area contributed by atoms with E-state index in [1.807, 2.05) is 17.0 Å². The van der Waals surface area contributed by atoms with Gasteiger partial charge in [-0.1, -0.05) is 12.1 Å². The maximum absolute atomic E-state index is 13.0. The Morgan fingerprint density at radius 2 is 1.92 bits per heavy atom. The van der Waals surface area contributed by atoms with Crippen molar-refractivity contribution in [1.82, 2.24) is 15.1 Å². The van der Waals surface area contributed by atoms with Gasteiger partial charge >= 0.3 is 0 Å². The number of aliphatic imine (C=N–C) groups is 1. The zero-order chi connectivity index (χ0) is 17.6. The van der Waals surface area contributed by atoms with Crippen LogP contribution in [0.2, 0.25) is 0 Å². The molecule has 1 amide bonds. The van der Waals surface area contributed by atoms with E-state index in [2.05, 4.69) is 15.2 Å². The molecule has 2 saturated heterocycles. The minimum Gasteiger partial charge on any atom is -0.347 e. The van der Waals surface area contributed by atoms with Crippen LogP contribution >= 0.6 is 0 Å². The summed E-state index contributed by atoms with van der Waals surface area (Å²) in [6.07, 6.45) is 4.24. The van der Waals surface area contributed by atoms with Gasteiger partial charge in [-0.2, -0.15) is 0 Å². The lowest BCUT2D eigenvalue weighted by Gasteiger charge is -2.23. The molecule has 1 atom stereocenters. The van der Waals surface area contributed by atoms with Crippen LogP contribution in [0.15, 0.2) is 29.3 Å². The van der Waals surface area contributed by atoms with E-state index in [9.17, 15) is 9.18 Å². The maximum atomic E-state index is 13.0. The molecule has 0 aliphatic carbocycles. The fourth-order valence-electron chi connectivity index (χ4n) is 3.71. The number of hydrogen-bond acceptors (Lipinski definition) is 2. The van der Waals surface area contributed by atoms with Crippen LogP contribution in [-0.4, -0.2) is 61.4 Å². The quantitative estimate of drug-likeness (QED) is 0.669. The van der Waals surface area contributed by atoms with Crippen LogP contribution in [-0.2, 0) is 11.2 Å². The third-order valence-electron chi connectivity index (χ3n) is 5.09. The van der Waals surface area contributed by atoms with Crippen molar-refractivity contribution in [2.75, 3.05) is 39.8 Å². The molecule has 1 aromatic rings. The minimum atomic E-state index is -0.191. The summed E-state index contributed by atoms with van der Waals surface area (Å²) in [4.78, 5) is 20.6. The van der Waals surface area contributed by atoms with E-state index < -0.39 is 0 Å². The third kappa shape index (κ3) is 4.71.